The minimum Gasteiger partial charge on any atom is -0.502 e. The van der Waals surface area contributed by atoms with Gasteiger partial charge in [0.1, 0.15) is 0 Å². The second-order valence-corrected chi connectivity index (χ2v) is 4.61. The molecule has 1 N–H and O–H groups in total. The summed E-state index contributed by atoms with van der Waals surface area (Å²) in [6, 6.07) is 10.9. The zero-order chi connectivity index (χ0) is 15.6. The summed E-state index contributed by atoms with van der Waals surface area (Å²) in [5, 5.41) is 20.3. The van der Waals surface area contributed by atoms with Gasteiger partial charge in [0.2, 0.25) is 0 Å². The van der Waals surface area contributed by atoms with Gasteiger partial charge in [-0.2, -0.15) is 0 Å². The molecular formula is C15H14N2O4. The summed E-state index contributed by atoms with van der Waals surface area (Å²) in [7, 11) is 1.61. The first-order chi connectivity index (χ1) is 9.91. The molecule has 2 aromatic carbocycles. The van der Waals surface area contributed by atoms with E-state index in [4.69, 9.17) is 0 Å². The van der Waals surface area contributed by atoms with E-state index in [2.05, 4.69) is 0 Å². The highest BCUT2D eigenvalue weighted by Crippen LogP contribution is 2.28. The Morgan fingerprint density at radius 3 is 2.48 bits per heavy atom. The molecule has 6 nitrogen and oxygen atoms in total. The number of rotatable bonds is 3. The summed E-state index contributed by atoms with van der Waals surface area (Å²) in [5.41, 5.74) is 1.42. The molecule has 0 saturated carbocycles. The van der Waals surface area contributed by atoms with Crippen LogP contribution < -0.4 is 4.90 Å². The van der Waals surface area contributed by atoms with Crippen LogP contribution in [0.2, 0.25) is 0 Å². The van der Waals surface area contributed by atoms with E-state index in [1.54, 1.807) is 13.1 Å². The normalized spacial score (nSPS) is 10.2. The Morgan fingerprint density at radius 1 is 1.24 bits per heavy atom. The predicted octanol–water partition coefficient (Wildman–Crippen LogP) is 2.89. The number of aromatic hydroxyl groups is 1. The van der Waals surface area contributed by atoms with E-state index in [1.165, 1.54) is 11.0 Å². The zero-order valence-corrected chi connectivity index (χ0v) is 11.6. The first-order valence-corrected chi connectivity index (χ1v) is 6.23. The summed E-state index contributed by atoms with van der Waals surface area (Å²) in [5.74, 6) is -0.876. The van der Waals surface area contributed by atoms with Crippen molar-refractivity contribution in [2.75, 3.05) is 11.9 Å². The Kier molecular flexibility index (Phi) is 3.89. The molecule has 21 heavy (non-hydrogen) atoms. The highest BCUT2D eigenvalue weighted by atomic mass is 16.6. The Labute approximate surface area is 121 Å². The van der Waals surface area contributed by atoms with Crippen LogP contribution in [-0.2, 0) is 0 Å². The van der Waals surface area contributed by atoms with Gasteiger partial charge in [-0.25, -0.2) is 0 Å². The van der Waals surface area contributed by atoms with E-state index >= 15 is 0 Å². The highest BCUT2D eigenvalue weighted by Gasteiger charge is 2.19. The van der Waals surface area contributed by atoms with E-state index in [0.717, 1.165) is 23.4 Å². The lowest BCUT2D eigenvalue weighted by atomic mass is 10.1. The monoisotopic (exact) mass is 286 g/mol. The van der Waals surface area contributed by atoms with Gasteiger partial charge < -0.3 is 10.0 Å². The molecule has 6 heteroatoms. The van der Waals surface area contributed by atoms with E-state index in [9.17, 15) is 20.0 Å². The van der Waals surface area contributed by atoms with E-state index in [1.807, 2.05) is 25.1 Å². The van der Waals surface area contributed by atoms with Crippen molar-refractivity contribution in [3.8, 4) is 5.75 Å². The predicted molar refractivity (Wildman–Crippen MR) is 78.7 cm³/mol. The van der Waals surface area contributed by atoms with Gasteiger partial charge in [-0.05, 0) is 30.7 Å². The maximum atomic E-state index is 12.4. The Balaban J connectivity index is 2.34. The van der Waals surface area contributed by atoms with Crippen molar-refractivity contribution in [1.82, 2.24) is 0 Å². The summed E-state index contributed by atoms with van der Waals surface area (Å²) >= 11 is 0. The van der Waals surface area contributed by atoms with Crippen LogP contribution in [0.1, 0.15) is 15.9 Å². The molecule has 0 aliphatic heterocycles. The van der Waals surface area contributed by atoms with Crippen LogP contribution >= 0.6 is 0 Å². The van der Waals surface area contributed by atoms with Crippen molar-refractivity contribution in [1.29, 1.82) is 0 Å². The Morgan fingerprint density at radius 2 is 1.90 bits per heavy atom. The third-order valence-corrected chi connectivity index (χ3v) is 3.20. The van der Waals surface area contributed by atoms with Crippen LogP contribution in [0.4, 0.5) is 11.4 Å². The first-order valence-electron chi connectivity index (χ1n) is 6.23. The number of nitro groups is 1. The second kappa shape index (κ2) is 5.62. The number of para-hydroxylation sites is 1. The highest BCUT2D eigenvalue weighted by molar-refractivity contribution is 6.06. The van der Waals surface area contributed by atoms with Crippen LogP contribution in [-0.4, -0.2) is 23.0 Å². The van der Waals surface area contributed by atoms with Crippen molar-refractivity contribution in [3.63, 3.8) is 0 Å². The molecule has 0 spiro atoms. The SMILES string of the molecule is Cc1ccccc1N(C)C(=O)c1ccc([N+](=O)[O-])c(O)c1. The number of benzene rings is 2. The van der Waals surface area contributed by atoms with Crippen LogP contribution in [0.15, 0.2) is 42.5 Å². The lowest BCUT2D eigenvalue weighted by Gasteiger charge is -2.19. The quantitative estimate of drug-likeness (QED) is 0.694. The van der Waals surface area contributed by atoms with Gasteiger partial charge in [0.05, 0.1) is 4.92 Å². The molecule has 2 aromatic rings. The molecule has 108 valence electrons. The number of nitrogens with zero attached hydrogens (tertiary/aromatic N) is 2. The third kappa shape index (κ3) is 2.84. The van der Waals surface area contributed by atoms with Crippen molar-refractivity contribution in [2.24, 2.45) is 0 Å². The summed E-state index contributed by atoms with van der Waals surface area (Å²) in [4.78, 5) is 23.8. The fourth-order valence-electron chi connectivity index (χ4n) is 2.05. The van der Waals surface area contributed by atoms with Gasteiger partial charge in [0, 0.05) is 24.4 Å². The lowest BCUT2D eigenvalue weighted by Crippen LogP contribution is -2.26. The first kappa shape index (κ1) is 14.5. The smallest absolute Gasteiger partial charge is 0.310 e. The summed E-state index contributed by atoms with van der Waals surface area (Å²) < 4.78 is 0. The van der Waals surface area contributed by atoms with Gasteiger partial charge in [0.15, 0.2) is 5.75 Å². The maximum absolute atomic E-state index is 12.4. The molecule has 0 unspecified atom stereocenters. The van der Waals surface area contributed by atoms with Gasteiger partial charge in [-0.3, -0.25) is 14.9 Å². The number of hydrogen-bond acceptors (Lipinski definition) is 4. The van der Waals surface area contributed by atoms with E-state index in [0.29, 0.717) is 0 Å². The van der Waals surface area contributed by atoms with Gasteiger partial charge in [-0.15, -0.1) is 0 Å². The Bertz CT molecular complexity index is 713. The minimum absolute atomic E-state index is 0.184. The fourth-order valence-corrected chi connectivity index (χ4v) is 2.05. The number of amides is 1. The van der Waals surface area contributed by atoms with Gasteiger partial charge in [-0.1, -0.05) is 18.2 Å². The van der Waals surface area contributed by atoms with Crippen LogP contribution in [0.5, 0.6) is 5.75 Å². The number of carbonyl (C=O) groups excluding carboxylic acids is 1. The number of hydrogen-bond donors (Lipinski definition) is 1. The van der Waals surface area contributed by atoms with Crippen LogP contribution in [0, 0.1) is 17.0 Å². The van der Waals surface area contributed by atoms with Crippen molar-refractivity contribution >= 4 is 17.3 Å². The minimum atomic E-state index is -0.700. The number of carbonyl (C=O) groups is 1. The molecule has 0 aromatic heterocycles. The Hall–Kier alpha value is -2.89. The number of aryl methyl sites for hydroxylation is 1. The molecule has 2 rings (SSSR count). The molecule has 0 heterocycles. The number of phenolic OH excluding ortho intramolecular Hbond substituents is 1. The molecule has 0 radical (unpaired) electrons. The number of anilines is 1. The summed E-state index contributed by atoms with van der Waals surface area (Å²) in [6.07, 6.45) is 0. The molecule has 0 aliphatic carbocycles. The number of phenols is 1. The van der Waals surface area contributed by atoms with Gasteiger partial charge >= 0.3 is 5.69 Å². The fraction of sp³-hybridized carbons (Fsp3) is 0.133. The molecule has 0 atom stereocenters. The van der Waals surface area contributed by atoms with E-state index in [-0.39, 0.29) is 11.5 Å². The largest absolute Gasteiger partial charge is 0.502 e. The molecule has 0 fully saturated rings. The third-order valence-electron chi connectivity index (χ3n) is 3.20. The second-order valence-electron chi connectivity index (χ2n) is 4.61. The zero-order valence-electron chi connectivity index (χ0n) is 11.6. The maximum Gasteiger partial charge on any atom is 0.310 e. The lowest BCUT2D eigenvalue weighted by molar-refractivity contribution is -0.385. The molecule has 0 saturated heterocycles. The average Bonchev–Trinajstić information content (AvgIpc) is 2.45. The summed E-state index contributed by atoms with van der Waals surface area (Å²) in [6.45, 7) is 1.88. The molecule has 1 amide bonds. The number of nitro benzene ring substituents is 1. The van der Waals surface area contributed by atoms with Crippen molar-refractivity contribution < 1.29 is 14.8 Å². The van der Waals surface area contributed by atoms with E-state index < -0.39 is 16.4 Å². The standard InChI is InChI=1S/C15H14N2O4/c1-10-5-3-4-6-12(10)16(2)15(19)11-7-8-13(17(20)21)14(18)9-11/h3-9,18H,1-2H3. The van der Waals surface area contributed by atoms with Crippen LogP contribution in [0.3, 0.4) is 0 Å². The molecular weight excluding hydrogens is 272 g/mol. The topological polar surface area (TPSA) is 83.7 Å². The average molecular weight is 286 g/mol. The van der Waals surface area contributed by atoms with Crippen LogP contribution in [0.25, 0.3) is 0 Å². The van der Waals surface area contributed by atoms with Crippen molar-refractivity contribution in [3.05, 3.63) is 63.7 Å². The molecule has 0 bridgehead atoms. The molecule has 0 aliphatic rings. The van der Waals surface area contributed by atoms with Crippen molar-refractivity contribution in [2.45, 2.75) is 6.92 Å². The van der Waals surface area contributed by atoms with Gasteiger partial charge in [0.25, 0.3) is 5.91 Å².